The van der Waals surface area contributed by atoms with E-state index in [0.29, 0.717) is 22.4 Å². The molecule has 1 aromatic carbocycles. The largest absolute Gasteiger partial charge is 0.316 e. The average Bonchev–Trinajstić information content (AvgIpc) is 2.30. The van der Waals surface area contributed by atoms with Crippen LogP contribution in [0.4, 0.5) is 4.39 Å². The van der Waals surface area contributed by atoms with Crippen molar-refractivity contribution in [3.8, 4) is 0 Å². The third-order valence-electron chi connectivity index (χ3n) is 2.60. The van der Waals surface area contributed by atoms with Crippen LogP contribution in [0.2, 0.25) is 5.02 Å². The minimum Gasteiger partial charge on any atom is -0.316 e. The lowest BCUT2D eigenvalue weighted by molar-refractivity contribution is 0.497. The Hall–Kier alpha value is -0.120. The number of hydrogen-bond acceptors (Lipinski definition) is 1. The Bertz CT molecular complexity index is 371. The van der Waals surface area contributed by atoms with E-state index in [0.717, 1.165) is 19.5 Å². The molecule has 1 nitrogen and oxygen atoms in total. The van der Waals surface area contributed by atoms with Crippen molar-refractivity contribution in [1.82, 2.24) is 5.32 Å². The normalized spacial score (nSPS) is 12.8. The van der Waals surface area contributed by atoms with Gasteiger partial charge in [-0.25, -0.2) is 4.39 Å². The summed E-state index contributed by atoms with van der Waals surface area (Å²) in [6, 6.07) is 3.59. The lowest BCUT2D eigenvalue weighted by atomic mass is 10.0. The van der Waals surface area contributed by atoms with Crippen LogP contribution < -0.4 is 5.32 Å². The minimum atomic E-state index is -0.302. The Kier molecular flexibility index (Phi) is 6.45. The predicted octanol–water partition coefficient (Wildman–Crippen LogP) is 4.42. The summed E-state index contributed by atoms with van der Waals surface area (Å²) in [5, 5.41) is 3.51. The molecule has 1 aromatic rings. The first-order valence-corrected chi connectivity index (χ1v) is 7.06. The van der Waals surface area contributed by atoms with Crippen molar-refractivity contribution in [2.75, 3.05) is 13.1 Å². The molecule has 1 unspecified atom stereocenters. The van der Waals surface area contributed by atoms with Gasteiger partial charge in [-0.1, -0.05) is 31.5 Å². The highest BCUT2D eigenvalue weighted by molar-refractivity contribution is 9.10. The van der Waals surface area contributed by atoms with Crippen LogP contribution in [-0.2, 0) is 6.42 Å². The predicted molar refractivity (Wildman–Crippen MR) is 75.1 cm³/mol. The molecule has 0 saturated heterocycles. The van der Waals surface area contributed by atoms with Gasteiger partial charge in [-0.2, -0.15) is 0 Å². The molecule has 17 heavy (non-hydrogen) atoms. The molecule has 0 radical (unpaired) electrons. The van der Waals surface area contributed by atoms with E-state index in [1.807, 2.05) is 0 Å². The Labute approximate surface area is 116 Å². The maximum Gasteiger partial charge on any atom is 0.146 e. The summed E-state index contributed by atoms with van der Waals surface area (Å²) in [6.07, 6.45) is 1.82. The summed E-state index contributed by atoms with van der Waals surface area (Å²) in [6.45, 7) is 6.15. The second-order valence-electron chi connectivity index (χ2n) is 4.35. The Morgan fingerprint density at radius 2 is 2.18 bits per heavy atom. The van der Waals surface area contributed by atoms with Crippen molar-refractivity contribution < 1.29 is 4.39 Å². The Morgan fingerprint density at radius 3 is 2.82 bits per heavy atom. The quantitative estimate of drug-likeness (QED) is 0.604. The van der Waals surface area contributed by atoms with Crippen molar-refractivity contribution in [3.05, 3.63) is 33.0 Å². The maximum absolute atomic E-state index is 13.8. The number of hydrogen-bond donors (Lipinski definition) is 1. The van der Waals surface area contributed by atoms with Gasteiger partial charge in [0.25, 0.3) is 0 Å². The van der Waals surface area contributed by atoms with Crippen LogP contribution in [0.5, 0.6) is 0 Å². The highest BCUT2D eigenvalue weighted by Gasteiger charge is 2.12. The molecule has 0 amide bonds. The number of rotatable bonds is 6. The topological polar surface area (TPSA) is 12.0 Å². The van der Waals surface area contributed by atoms with E-state index in [1.54, 1.807) is 12.1 Å². The maximum atomic E-state index is 13.8. The molecule has 1 N–H and O–H groups in total. The molecular weight excluding hydrogens is 305 g/mol. The zero-order valence-corrected chi connectivity index (χ0v) is 12.5. The molecule has 0 heterocycles. The van der Waals surface area contributed by atoms with Crippen molar-refractivity contribution in [1.29, 1.82) is 0 Å². The van der Waals surface area contributed by atoms with Crippen LogP contribution in [0, 0.1) is 11.7 Å². The average molecular weight is 323 g/mol. The smallest absolute Gasteiger partial charge is 0.146 e. The lowest BCUT2D eigenvalue weighted by Crippen LogP contribution is -2.23. The SMILES string of the molecule is CCCNCC(C)Cc1ccc(Br)c(Cl)c1F. The molecule has 0 aliphatic carbocycles. The fraction of sp³-hybridized carbons (Fsp3) is 0.538. The third-order valence-corrected chi connectivity index (χ3v) is 3.86. The number of benzene rings is 1. The van der Waals surface area contributed by atoms with E-state index >= 15 is 0 Å². The van der Waals surface area contributed by atoms with Crippen molar-refractivity contribution in [2.45, 2.75) is 26.7 Å². The van der Waals surface area contributed by atoms with Gasteiger partial charge in [-0.15, -0.1) is 0 Å². The van der Waals surface area contributed by atoms with Crippen LogP contribution in [0.1, 0.15) is 25.8 Å². The van der Waals surface area contributed by atoms with Crippen molar-refractivity contribution >= 4 is 27.5 Å². The van der Waals surface area contributed by atoms with E-state index < -0.39 is 0 Å². The molecular formula is C13H18BrClFN. The summed E-state index contributed by atoms with van der Waals surface area (Å²) in [5.41, 5.74) is 0.684. The Morgan fingerprint density at radius 1 is 1.47 bits per heavy atom. The monoisotopic (exact) mass is 321 g/mol. The molecule has 0 aliphatic heterocycles. The standard InChI is InChI=1S/C13H18BrClFN/c1-3-6-17-8-9(2)7-10-4-5-11(14)12(15)13(10)16/h4-5,9,17H,3,6-8H2,1-2H3. The highest BCUT2D eigenvalue weighted by atomic mass is 79.9. The van der Waals surface area contributed by atoms with Crippen LogP contribution in [0.15, 0.2) is 16.6 Å². The molecule has 0 spiro atoms. The first-order chi connectivity index (χ1) is 8.06. The number of nitrogens with one attached hydrogen (secondary N) is 1. The molecule has 1 atom stereocenters. The molecule has 0 aliphatic rings. The fourth-order valence-electron chi connectivity index (χ4n) is 1.70. The molecule has 0 aromatic heterocycles. The highest BCUT2D eigenvalue weighted by Crippen LogP contribution is 2.28. The summed E-state index contributed by atoms with van der Waals surface area (Å²) in [5.74, 6) is 0.0941. The van der Waals surface area contributed by atoms with E-state index in [-0.39, 0.29) is 10.8 Å². The van der Waals surface area contributed by atoms with E-state index in [1.165, 1.54) is 0 Å². The lowest BCUT2D eigenvalue weighted by Gasteiger charge is -2.13. The third kappa shape index (κ3) is 4.57. The fourth-order valence-corrected chi connectivity index (χ4v) is 2.19. The van der Waals surface area contributed by atoms with Crippen molar-refractivity contribution in [2.24, 2.45) is 5.92 Å². The van der Waals surface area contributed by atoms with E-state index in [9.17, 15) is 4.39 Å². The van der Waals surface area contributed by atoms with Gasteiger partial charge in [-0.3, -0.25) is 0 Å². The van der Waals surface area contributed by atoms with Gasteiger partial charge in [0, 0.05) is 4.47 Å². The van der Waals surface area contributed by atoms with Crippen LogP contribution in [0.25, 0.3) is 0 Å². The first-order valence-electron chi connectivity index (χ1n) is 5.89. The van der Waals surface area contributed by atoms with Gasteiger partial charge in [0.15, 0.2) is 0 Å². The second kappa shape index (κ2) is 7.34. The molecule has 0 saturated carbocycles. The minimum absolute atomic E-state index is 0.177. The van der Waals surface area contributed by atoms with Gasteiger partial charge in [0.05, 0.1) is 5.02 Å². The van der Waals surface area contributed by atoms with Crippen LogP contribution >= 0.6 is 27.5 Å². The van der Waals surface area contributed by atoms with Crippen LogP contribution in [0.3, 0.4) is 0 Å². The molecule has 96 valence electrons. The zero-order valence-electron chi connectivity index (χ0n) is 10.2. The van der Waals surface area contributed by atoms with Gasteiger partial charge >= 0.3 is 0 Å². The summed E-state index contributed by atoms with van der Waals surface area (Å²) in [7, 11) is 0. The van der Waals surface area contributed by atoms with E-state index in [4.69, 9.17) is 11.6 Å². The summed E-state index contributed by atoms with van der Waals surface area (Å²) >= 11 is 9.07. The van der Waals surface area contributed by atoms with Gasteiger partial charge in [0.2, 0.25) is 0 Å². The second-order valence-corrected chi connectivity index (χ2v) is 5.58. The van der Waals surface area contributed by atoms with Crippen molar-refractivity contribution in [3.63, 3.8) is 0 Å². The Balaban J connectivity index is 2.59. The summed E-state index contributed by atoms with van der Waals surface area (Å²) in [4.78, 5) is 0. The molecule has 4 heteroatoms. The number of halogens is 3. The van der Waals surface area contributed by atoms with E-state index in [2.05, 4.69) is 35.1 Å². The zero-order chi connectivity index (χ0) is 12.8. The van der Waals surface area contributed by atoms with Gasteiger partial charge < -0.3 is 5.32 Å². The summed E-state index contributed by atoms with van der Waals surface area (Å²) < 4.78 is 14.4. The molecule has 1 rings (SSSR count). The van der Waals surface area contributed by atoms with Gasteiger partial charge in [-0.05, 0) is 59.4 Å². The first kappa shape index (κ1) is 14.9. The van der Waals surface area contributed by atoms with Crippen LogP contribution in [-0.4, -0.2) is 13.1 Å². The van der Waals surface area contributed by atoms with Gasteiger partial charge in [0.1, 0.15) is 5.82 Å². The molecule has 0 bridgehead atoms. The molecule has 0 fully saturated rings.